The summed E-state index contributed by atoms with van der Waals surface area (Å²) in [5.41, 5.74) is 2.07. The Labute approximate surface area is 134 Å². The van der Waals surface area contributed by atoms with E-state index in [2.05, 4.69) is 0 Å². The highest BCUT2D eigenvalue weighted by molar-refractivity contribution is 6.26. The highest BCUT2D eigenvalue weighted by Crippen LogP contribution is 2.48. The summed E-state index contributed by atoms with van der Waals surface area (Å²) in [6.07, 6.45) is 0. The van der Waals surface area contributed by atoms with Gasteiger partial charge in [-0.25, -0.2) is 0 Å². The van der Waals surface area contributed by atoms with Crippen LogP contribution in [0.5, 0.6) is 17.2 Å². The second kappa shape index (κ2) is 5.72. The van der Waals surface area contributed by atoms with Gasteiger partial charge in [-0.2, -0.15) is 0 Å². The molecule has 0 N–H and O–H groups in total. The number of para-hydroxylation sites is 1. The standard InChI is InChI=1S/C19H16O4/c1-11(20)17(12(2)21)18-13-7-4-5-8-14(13)23-16-10-6-9-15(22-3)19(16)18/h4-10H,1-3H3. The van der Waals surface area contributed by atoms with E-state index < -0.39 is 0 Å². The van der Waals surface area contributed by atoms with E-state index in [1.54, 1.807) is 19.2 Å². The number of hydrogen-bond acceptors (Lipinski definition) is 4. The van der Waals surface area contributed by atoms with Gasteiger partial charge in [0.1, 0.15) is 17.2 Å². The first-order valence-electron chi connectivity index (χ1n) is 7.25. The van der Waals surface area contributed by atoms with E-state index in [1.807, 2.05) is 30.3 Å². The number of methoxy groups -OCH3 is 1. The van der Waals surface area contributed by atoms with Gasteiger partial charge in [0.25, 0.3) is 0 Å². The van der Waals surface area contributed by atoms with Crippen LogP contribution in [0.15, 0.2) is 48.0 Å². The molecule has 0 saturated carbocycles. The van der Waals surface area contributed by atoms with Crippen LogP contribution in [0.1, 0.15) is 25.0 Å². The third-order valence-corrected chi connectivity index (χ3v) is 3.79. The number of fused-ring (bicyclic) bond motifs is 2. The fourth-order valence-corrected chi connectivity index (χ4v) is 2.89. The number of rotatable bonds is 3. The summed E-state index contributed by atoms with van der Waals surface area (Å²) in [7, 11) is 1.55. The predicted octanol–water partition coefficient (Wildman–Crippen LogP) is 3.78. The zero-order valence-corrected chi connectivity index (χ0v) is 13.2. The molecule has 2 aromatic carbocycles. The van der Waals surface area contributed by atoms with Gasteiger partial charge < -0.3 is 9.47 Å². The number of allylic oxidation sites excluding steroid dienone is 1. The van der Waals surface area contributed by atoms with Crippen molar-refractivity contribution in [3.63, 3.8) is 0 Å². The van der Waals surface area contributed by atoms with Gasteiger partial charge in [-0.3, -0.25) is 9.59 Å². The molecular weight excluding hydrogens is 292 g/mol. The van der Waals surface area contributed by atoms with Crippen molar-refractivity contribution in [3.05, 3.63) is 59.2 Å². The summed E-state index contributed by atoms with van der Waals surface area (Å²) in [6, 6.07) is 12.7. The highest BCUT2D eigenvalue weighted by atomic mass is 16.5. The van der Waals surface area contributed by atoms with Crippen LogP contribution in [0.25, 0.3) is 5.57 Å². The van der Waals surface area contributed by atoms with Crippen molar-refractivity contribution < 1.29 is 19.1 Å². The van der Waals surface area contributed by atoms with Crippen LogP contribution in [-0.2, 0) is 9.59 Å². The summed E-state index contributed by atoms with van der Waals surface area (Å²) in [5.74, 6) is 1.19. The average Bonchev–Trinajstić information content (AvgIpc) is 2.53. The molecule has 116 valence electrons. The van der Waals surface area contributed by atoms with Gasteiger partial charge in [-0.1, -0.05) is 24.3 Å². The fourth-order valence-electron chi connectivity index (χ4n) is 2.89. The molecule has 4 nitrogen and oxygen atoms in total. The number of ketones is 2. The SMILES string of the molecule is COc1cccc2c1C(=C(C(C)=O)C(C)=O)c1ccccc1O2. The quantitative estimate of drug-likeness (QED) is 0.420. The molecule has 0 bridgehead atoms. The zero-order chi connectivity index (χ0) is 16.6. The Morgan fingerprint density at radius 3 is 2.22 bits per heavy atom. The summed E-state index contributed by atoms with van der Waals surface area (Å²) in [5, 5.41) is 0. The van der Waals surface area contributed by atoms with Crippen molar-refractivity contribution in [2.75, 3.05) is 7.11 Å². The maximum atomic E-state index is 12.1. The van der Waals surface area contributed by atoms with E-state index in [4.69, 9.17) is 9.47 Å². The van der Waals surface area contributed by atoms with Gasteiger partial charge in [-0.15, -0.1) is 0 Å². The van der Waals surface area contributed by atoms with Crippen molar-refractivity contribution in [1.29, 1.82) is 0 Å². The molecule has 0 radical (unpaired) electrons. The first-order chi connectivity index (χ1) is 11.0. The van der Waals surface area contributed by atoms with Gasteiger partial charge in [0.15, 0.2) is 11.6 Å². The molecule has 3 rings (SSSR count). The zero-order valence-electron chi connectivity index (χ0n) is 13.2. The van der Waals surface area contributed by atoms with Crippen LogP contribution >= 0.6 is 0 Å². The Bertz CT molecular complexity index is 830. The van der Waals surface area contributed by atoms with E-state index in [0.29, 0.717) is 33.9 Å². The molecule has 1 aliphatic rings. The Morgan fingerprint density at radius 2 is 1.57 bits per heavy atom. The first kappa shape index (κ1) is 15.0. The molecule has 2 aromatic rings. The Hall–Kier alpha value is -2.88. The lowest BCUT2D eigenvalue weighted by Gasteiger charge is -2.25. The third-order valence-electron chi connectivity index (χ3n) is 3.79. The number of ether oxygens (including phenoxy) is 2. The van der Waals surface area contributed by atoms with E-state index in [-0.39, 0.29) is 17.1 Å². The molecule has 0 fully saturated rings. The smallest absolute Gasteiger partial charge is 0.164 e. The second-order valence-electron chi connectivity index (χ2n) is 5.29. The minimum absolute atomic E-state index is 0.159. The number of carbonyl (C=O) groups is 2. The van der Waals surface area contributed by atoms with Crippen molar-refractivity contribution in [2.45, 2.75) is 13.8 Å². The van der Waals surface area contributed by atoms with Crippen molar-refractivity contribution in [2.24, 2.45) is 0 Å². The average molecular weight is 308 g/mol. The number of hydrogen-bond donors (Lipinski definition) is 0. The second-order valence-corrected chi connectivity index (χ2v) is 5.29. The highest BCUT2D eigenvalue weighted by Gasteiger charge is 2.30. The summed E-state index contributed by atoms with van der Waals surface area (Å²) >= 11 is 0. The maximum Gasteiger partial charge on any atom is 0.164 e. The monoisotopic (exact) mass is 308 g/mol. The normalized spacial score (nSPS) is 11.9. The minimum atomic E-state index is -0.277. The summed E-state index contributed by atoms with van der Waals surface area (Å²) < 4.78 is 11.4. The molecule has 0 unspecified atom stereocenters. The van der Waals surface area contributed by atoms with Crippen LogP contribution in [0.3, 0.4) is 0 Å². The van der Waals surface area contributed by atoms with E-state index in [1.165, 1.54) is 13.8 Å². The van der Waals surface area contributed by atoms with Crippen LogP contribution in [0.4, 0.5) is 0 Å². The summed E-state index contributed by atoms with van der Waals surface area (Å²) in [6.45, 7) is 2.80. The lowest BCUT2D eigenvalue weighted by molar-refractivity contribution is -0.119. The molecule has 0 saturated heterocycles. The van der Waals surface area contributed by atoms with Gasteiger partial charge >= 0.3 is 0 Å². The number of Topliss-reactive ketones (excluding diaryl/α,β-unsaturated/α-hetero) is 2. The fraction of sp³-hybridized carbons (Fsp3) is 0.158. The van der Waals surface area contributed by atoms with E-state index in [0.717, 1.165) is 0 Å². The molecule has 0 aliphatic carbocycles. The van der Waals surface area contributed by atoms with Crippen LogP contribution < -0.4 is 9.47 Å². The largest absolute Gasteiger partial charge is 0.496 e. The van der Waals surface area contributed by atoms with Crippen molar-refractivity contribution >= 4 is 17.1 Å². The van der Waals surface area contributed by atoms with E-state index in [9.17, 15) is 9.59 Å². The molecule has 1 heterocycles. The first-order valence-corrected chi connectivity index (χ1v) is 7.25. The number of carbonyl (C=O) groups excluding carboxylic acids is 2. The van der Waals surface area contributed by atoms with Gasteiger partial charge in [0.05, 0.1) is 18.2 Å². The van der Waals surface area contributed by atoms with Crippen LogP contribution in [0, 0.1) is 0 Å². The molecular formula is C19H16O4. The van der Waals surface area contributed by atoms with Gasteiger partial charge in [0.2, 0.25) is 0 Å². The minimum Gasteiger partial charge on any atom is -0.496 e. The Morgan fingerprint density at radius 1 is 0.913 bits per heavy atom. The van der Waals surface area contributed by atoms with Crippen LogP contribution in [0.2, 0.25) is 0 Å². The lowest BCUT2D eigenvalue weighted by atomic mass is 9.86. The lowest BCUT2D eigenvalue weighted by Crippen LogP contribution is -2.14. The van der Waals surface area contributed by atoms with Gasteiger partial charge in [-0.05, 0) is 32.0 Å². The molecule has 0 aromatic heterocycles. The van der Waals surface area contributed by atoms with Gasteiger partial charge in [0, 0.05) is 11.1 Å². The Kier molecular flexibility index (Phi) is 3.74. The molecule has 4 heteroatoms. The Balaban J connectivity index is 2.46. The van der Waals surface area contributed by atoms with Crippen molar-refractivity contribution in [1.82, 2.24) is 0 Å². The van der Waals surface area contributed by atoms with Crippen LogP contribution in [-0.4, -0.2) is 18.7 Å². The number of benzene rings is 2. The molecule has 0 spiro atoms. The molecule has 1 aliphatic heterocycles. The maximum absolute atomic E-state index is 12.1. The third kappa shape index (κ3) is 2.42. The molecule has 0 atom stereocenters. The van der Waals surface area contributed by atoms with E-state index >= 15 is 0 Å². The predicted molar refractivity (Wildman–Crippen MR) is 86.9 cm³/mol. The van der Waals surface area contributed by atoms with Crippen molar-refractivity contribution in [3.8, 4) is 17.2 Å². The summed E-state index contributed by atoms with van der Waals surface area (Å²) in [4.78, 5) is 24.3. The molecule has 23 heavy (non-hydrogen) atoms. The topological polar surface area (TPSA) is 52.6 Å². The molecule has 0 amide bonds.